The van der Waals surface area contributed by atoms with Crippen molar-refractivity contribution in [2.75, 3.05) is 12.4 Å². The molecule has 0 aromatic heterocycles. The molecular weight excluding hydrogens is 394 g/mol. The van der Waals surface area contributed by atoms with Crippen LogP contribution in [0.2, 0.25) is 5.02 Å². The van der Waals surface area contributed by atoms with E-state index in [2.05, 4.69) is 10.3 Å². The Hall–Kier alpha value is -2.31. The Kier molecular flexibility index (Phi) is 6.10. The number of carbonyl (C=O) groups excluding carboxylic acids is 2. The molecule has 7 heteroatoms. The van der Waals surface area contributed by atoms with E-state index in [0.29, 0.717) is 10.2 Å². The van der Waals surface area contributed by atoms with Crippen molar-refractivity contribution >= 4 is 51.7 Å². The number of halogens is 1. The van der Waals surface area contributed by atoms with Crippen LogP contribution in [0.5, 0.6) is 0 Å². The van der Waals surface area contributed by atoms with Gasteiger partial charge in [-0.3, -0.25) is 14.5 Å². The number of nitrogens with zero attached hydrogens (tertiary/aromatic N) is 2. The van der Waals surface area contributed by atoms with Gasteiger partial charge in [0.2, 0.25) is 11.8 Å². The van der Waals surface area contributed by atoms with Crippen molar-refractivity contribution in [2.24, 2.45) is 4.99 Å². The van der Waals surface area contributed by atoms with Crippen LogP contribution in [0.25, 0.3) is 0 Å². The lowest BCUT2D eigenvalue weighted by Gasteiger charge is -2.11. The number of hydrogen-bond donors (Lipinski definition) is 1. The number of aliphatic imine (C=N–C) groups is 1. The van der Waals surface area contributed by atoms with Gasteiger partial charge in [0.05, 0.1) is 5.69 Å². The summed E-state index contributed by atoms with van der Waals surface area (Å²) in [7, 11) is 1.68. The Morgan fingerprint density at radius 1 is 1.18 bits per heavy atom. The van der Waals surface area contributed by atoms with Gasteiger partial charge in [0.25, 0.3) is 0 Å². The summed E-state index contributed by atoms with van der Waals surface area (Å²) in [6.07, 6.45) is 0.0971. The van der Waals surface area contributed by atoms with Gasteiger partial charge >= 0.3 is 0 Å². The summed E-state index contributed by atoms with van der Waals surface area (Å²) in [5.41, 5.74) is 4.52. The highest BCUT2D eigenvalue weighted by atomic mass is 35.5. The third kappa shape index (κ3) is 4.56. The minimum absolute atomic E-state index is 0.0971. The zero-order valence-corrected chi connectivity index (χ0v) is 17.8. The molecule has 2 aromatic rings. The number of hydrogen-bond acceptors (Lipinski definition) is 4. The highest BCUT2D eigenvalue weighted by Gasteiger charge is 2.37. The van der Waals surface area contributed by atoms with E-state index in [1.165, 1.54) is 16.7 Å². The molecular formula is C21H22ClN3O2S. The third-order valence-electron chi connectivity index (χ3n) is 4.55. The van der Waals surface area contributed by atoms with Crippen LogP contribution < -0.4 is 5.32 Å². The number of aryl methyl sites for hydroxylation is 3. The van der Waals surface area contributed by atoms with E-state index >= 15 is 0 Å². The zero-order chi connectivity index (χ0) is 20.4. The predicted octanol–water partition coefficient (Wildman–Crippen LogP) is 4.86. The Balaban J connectivity index is 1.71. The number of rotatable bonds is 4. The van der Waals surface area contributed by atoms with E-state index in [4.69, 9.17) is 11.6 Å². The lowest BCUT2D eigenvalue weighted by molar-refractivity contribution is -0.127. The van der Waals surface area contributed by atoms with Crippen molar-refractivity contribution in [1.82, 2.24) is 4.90 Å². The fraction of sp³-hybridized carbons (Fsp3) is 0.286. The van der Waals surface area contributed by atoms with Gasteiger partial charge in [0, 0.05) is 24.2 Å². The Bertz CT molecular complexity index is 974. The molecule has 0 unspecified atom stereocenters. The molecule has 1 aliphatic rings. The zero-order valence-electron chi connectivity index (χ0n) is 16.2. The van der Waals surface area contributed by atoms with Gasteiger partial charge in [-0.15, -0.1) is 0 Å². The molecule has 1 heterocycles. The van der Waals surface area contributed by atoms with Gasteiger partial charge in [0.1, 0.15) is 5.25 Å². The van der Waals surface area contributed by atoms with Gasteiger partial charge in [-0.1, -0.05) is 35.5 Å². The smallest absolute Gasteiger partial charge is 0.242 e. The summed E-state index contributed by atoms with van der Waals surface area (Å²) in [5.74, 6) is -0.302. The van der Waals surface area contributed by atoms with E-state index in [9.17, 15) is 9.59 Å². The van der Waals surface area contributed by atoms with E-state index in [-0.39, 0.29) is 18.2 Å². The topological polar surface area (TPSA) is 61.8 Å². The van der Waals surface area contributed by atoms with Gasteiger partial charge < -0.3 is 5.32 Å². The Morgan fingerprint density at radius 2 is 1.93 bits per heavy atom. The molecule has 1 fully saturated rings. The van der Waals surface area contributed by atoms with Crippen LogP contribution in [0.15, 0.2) is 41.4 Å². The molecule has 5 nitrogen and oxygen atoms in total. The number of amides is 2. The number of nitrogens with one attached hydrogen (secondary N) is 1. The molecule has 0 saturated carbocycles. The second-order valence-corrected chi connectivity index (χ2v) is 8.51. The number of benzene rings is 2. The van der Waals surface area contributed by atoms with E-state index in [1.54, 1.807) is 13.1 Å². The van der Waals surface area contributed by atoms with Crippen LogP contribution >= 0.6 is 23.4 Å². The molecule has 146 valence electrons. The second-order valence-electron chi connectivity index (χ2n) is 6.90. The number of thioether (sulfide) groups is 1. The maximum atomic E-state index is 12.6. The van der Waals surface area contributed by atoms with Crippen molar-refractivity contribution in [3.8, 4) is 0 Å². The van der Waals surface area contributed by atoms with Crippen molar-refractivity contribution in [3.05, 3.63) is 58.1 Å². The molecule has 0 bridgehead atoms. The standard InChI is InChI=1S/C21H22ClN3O2S/c1-12-5-6-13(2)17(9-12)23-19(26)11-18-20(27)25(4)21(28-18)24-16-8-7-15(22)10-14(16)3/h5-10,18H,11H2,1-4H3,(H,23,26)/t18-/m1/s1. The predicted molar refractivity (Wildman–Crippen MR) is 117 cm³/mol. The Labute approximate surface area is 174 Å². The van der Waals surface area contributed by atoms with E-state index in [1.807, 2.05) is 51.1 Å². The number of carbonyl (C=O) groups is 2. The summed E-state index contributed by atoms with van der Waals surface area (Å²) in [5, 5.41) is 3.66. The minimum atomic E-state index is -0.485. The van der Waals surface area contributed by atoms with Crippen molar-refractivity contribution < 1.29 is 9.59 Å². The first-order valence-corrected chi connectivity index (χ1v) is 10.2. The first kappa shape index (κ1) is 20.4. The largest absolute Gasteiger partial charge is 0.326 e. The van der Waals surface area contributed by atoms with Gasteiger partial charge in [-0.2, -0.15) is 0 Å². The first-order valence-electron chi connectivity index (χ1n) is 8.91. The van der Waals surface area contributed by atoms with Crippen LogP contribution in [-0.4, -0.2) is 34.2 Å². The second kappa shape index (κ2) is 8.37. The van der Waals surface area contributed by atoms with Gasteiger partial charge in [0.15, 0.2) is 5.17 Å². The molecule has 1 atom stereocenters. The molecule has 1 saturated heterocycles. The fourth-order valence-corrected chi connectivity index (χ4v) is 4.26. The van der Waals surface area contributed by atoms with Crippen molar-refractivity contribution in [3.63, 3.8) is 0 Å². The summed E-state index contributed by atoms with van der Waals surface area (Å²) in [6, 6.07) is 11.3. The number of amidine groups is 1. The van der Waals surface area contributed by atoms with Crippen LogP contribution in [0.3, 0.4) is 0 Å². The molecule has 2 amide bonds. The van der Waals surface area contributed by atoms with E-state index < -0.39 is 5.25 Å². The summed E-state index contributed by atoms with van der Waals surface area (Å²) >= 11 is 7.30. The first-order chi connectivity index (χ1) is 13.2. The van der Waals surface area contributed by atoms with Crippen LogP contribution in [0.1, 0.15) is 23.1 Å². The maximum absolute atomic E-state index is 12.6. The summed E-state index contributed by atoms with van der Waals surface area (Å²) < 4.78 is 0. The fourth-order valence-electron chi connectivity index (χ4n) is 2.88. The monoisotopic (exact) mass is 415 g/mol. The van der Waals surface area contributed by atoms with Crippen LogP contribution in [0.4, 0.5) is 11.4 Å². The average Bonchev–Trinajstić information content (AvgIpc) is 2.88. The molecule has 0 aliphatic carbocycles. The average molecular weight is 416 g/mol. The third-order valence-corrected chi connectivity index (χ3v) is 6.02. The summed E-state index contributed by atoms with van der Waals surface area (Å²) in [6.45, 7) is 5.83. The highest BCUT2D eigenvalue weighted by molar-refractivity contribution is 8.15. The number of anilines is 1. The molecule has 2 aromatic carbocycles. The maximum Gasteiger partial charge on any atom is 0.242 e. The van der Waals surface area contributed by atoms with Crippen LogP contribution in [-0.2, 0) is 9.59 Å². The molecule has 3 rings (SSSR count). The lowest BCUT2D eigenvalue weighted by atomic mass is 10.1. The molecule has 0 spiro atoms. The highest BCUT2D eigenvalue weighted by Crippen LogP contribution is 2.32. The quantitative estimate of drug-likeness (QED) is 0.775. The van der Waals surface area contributed by atoms with Crippen molar-refractivity contribution in [1.29, 1.82) is 0 Å². The normalized spacial score (nSPS) is 18.0. The van der Waals surface area contributed by atoms with Gasteiger partial charge in [-0.25, -0.2) is 4.99 Å². The molecule has 0 radical (unpaired) electrons. The minimum Gasteiger partial charge on any atom is -0.326 e. The molecule has 1 N–H and O–H groups in total. The summed E-state index contributed by atoms with van der Waals surface area (Å²) in [4.78, 5) is 31.2. The van der Waals surface area contributed by atoms with Gasteiger partial charge in [-0.05, 0) is 61.7 Å². The van der Waals surface area contributed by atoms with Crippen LogP contribution in [0, 0.1) is 20.8 Å². The molecule has 28 heavy (non-hydrogen) atoms. The lowest BCUT2D eigenvalue weighted by Crippen LogP contribution is -2.30. The molecule has 1 aliphatic heterocycles. The SMILES string of the molecule is Cc1ccc(C)c(NC(=O)C[C@H]2SC(=Nc3ccc(Cl)cc3C)N(C)C2=O)c1. The Morgan fingerprint density at radius 3 is 2.64 bits per heavy atom. The van der Waals surface area contributed by atoms with Crippen molar-refractivity contribution in [2.45, 2.75) is 32.4 Å². The van der Waals surface area contributed by atoms with E-state index in [0.717, 1.165) is 28.1 Å².